The lowest BCUT2D eigenvalue weighted by Crippen LogP contribution is -2.12. The Hall–Kier alpha value is -1.10. The molecule has 15 heavy (non-hydrogen) atoms. The summed E-state index contributed by atoms with van der Waals surface area (Å²) in [6.45, 7) is 0.247. The maximum Gasteiger partial charge on any atom is 0.433 e. The molecule has 0 aromatic carbocycles. The van der Waals surface area contributed by atoms with Crippen molar-refractivity contribution in [2.45, 2.75) is 31.5 Å². The number of aromatic nitrogens is 1. The highest BCUT2D eigenvalue weighted by Crippen LogP contribution is 2.41. The molecule has 1 aromatic rings. The van der Waals surface area contributed by atoms with Crippen LogP contribution >= 0.6 is 0 Å². The Morgan fingerprint density at radius 2 is 2.00 bits per heavy atom. The van der Waals surface area contributed by atoms with Gasteiger partial charge >= 0.3 is 6.18 Å². The lowest BCUT2D eigenvalue weighted by molar-refractivity contribution is -0.141. The summed E-state index contributed by atoms with van der Waals surface area (Å²) in [4.78, 5) is 3.67. The molecular weight excluding hydrogens is 205 g/mol. The number of hydrogen-bond donors (Lipinski definition) is 1. The van der Waals surface area contributed by atoms with Gasteiger partial charge in [0.05, 0.1) is 0 Å². The Kier molecular flexibility index (Phi) is 2.42. The minimum Gasteiger partial charge on any atom is -0.326 e. The van der Waals surface area contributed by atoms with Gasteiger partial charge < -0.3 is 5.73 Å². The van der Waals surface area contributed by atoms with Gasteiger partial charge in [0.2, 0.25) is 0 Å². The minimum absolute atomic E-state index is 0.186. The Morgan fingerprint density at radius 3 is 2.47 bits per heavy atom. The highest BCUT2D eigenvalue weighted by Gasteiger charge is 2.35. The molecule has 0 atom stereocenters. The first-order chi connectivity index (χ1) is 7.02. The van der Waals surface area contributed by atoms with Crippen LogP contribution in [0.1, 0.15) is 35.7 Å². The minimum atomic E-state index is -4.36. The van der Waals surface area contributed by atoms with Crippen LogP contribution in [-0.2, 0) is 12.7 Å². The lowest BCUT2D eigenvalue weighted by Gasteiger charge is -2.10. The van der Waals surface area contributed by atoms with Gasteiger partial charge in [-0.05, 0) is 24.5 Å². The van der Waals surface area contributed by atoms with Crippen LogP contribution in [0.4, 0.5) is 13.2 Å². The molecule has 1 fully saturated rings. The van der Waals surface area contributed by atoms with Gasteiger partial charge in [0, 0.05) is 18.2 Å². The zero-order chi connectivity index (χ0) is 11.1. The fraction of sp³-hybridized carbons (Fsp3) is 0.500. The van der Waals surface area contributed by atoms with E-state index in [1.54, 1.807) is 0 Å². The summed E-state index contributed by atoms with van der Waals surface area (Å²) in [5.74, 6) is 0.186. The molecule has 1 aliphatic rings. The fourth-order valence-electron chi connectivity index (χ4n) is 1.54. The van der Waals surface area contributed by atoms with Gasteiger partial charge in [-0.2, -0.15) is 13.2 Å². The van der Waals surface area contributed by atoms with Crippen molar-refractivity contribution in [2.75, 3.05) is 0 Å². The quantitative estimate of drug-likeness (QED) is 0.824. The number of halogens is 3. The number of rotatable bonds is 2. The third kappa shape index (κ3) is 2.12. The van der Waals surface area contributed by atoms with E-state index >= 15 is 0 Å². The normalized spacial score (nSPS) is 16.8. The summed E-state index contributed by atoms with van der Waals surface area (Å²) in [5, 5.41) is 0. The van der Waals surface area contributed by atoms with Crippen molar-refractivity contribution in [3.05, 3.63) is 29.1 Å². The van der Waals surface area contributed by atoms with Gasteiger partial charge in [-0.25, -0.2) is 4.98 Å². The van der Waals surface area contributed by atoms with E-state index in [9.17, 15) is 13.2 Å². The first-order valence-corrected chi connectivity index (χ1v) is 4.79. The van der Waals surface area contributed by atoms with Gasteiger partial charge in [-0.1, -0.05) is 6.07 Å². The van der Waals surface area contributed by atoms with Crippen LogP contribution in [0.15, 0.2) is 12.1 Å². The molecule has 0 saturated heterocycles. The molecule has 0 unspecified atom stereocenters. The van der Waals surface area contributed by atoms with Crippen molar-refractivity contribution < 1.29 is 13.2 Å². The first kappa shape index (κ1) is 10.4. The summed E-state index contributed by atoms with van der Waals surface area (Å²) in [6.07, 6.45) is -2.53. The first-order valence-electron chi connectivity index (χ1n) is 4.79. The summed E-state index contributed by atoms with van der Waals surface area (Å²) < 4.78 is 37.2. The van der Waals surface area contributed by atoms with Crippen LogP contribution in [0.5, 0.6) is 0 Å². The van der Waals surface area contributed by atoms with Crippen LogP contribution < -0.4 is 5.73 Å². The molecule has 2 N–H and O–H groups in total. The number of nitrogens with zero attached hydrogens (tertiary/aromatic N) is 1. The van der Waals surface area contributed by atoms with Crippen LogP contribution in [0.2, 0.25) is 0 Å². The molecule has 0 bridgehead atoms. The average Bonchev–Trinajstić information content (AvgIpc) is 2.98. The van der Waals surface area contributed by atoms with E-state index in [1.807, 2.05) is 0 Å². The molecule has 5 heteroatoms. The van der Waals surface area contributed by atoms with Gasteiger partial charge in [-0.15, -0.1) is 0 Å². The van der Waals surface area contributed by atoms with Crippen molar-refractivity contribution >= 4 is 0 Å². The van der Waals surface area contributed by atoms with Gasteiger partial charge in [0.1, 0.15) is 5.69 Å². The fourth-order valence-corrected chi connectivity index (χ4v) is 1.54. The number of pyridine rings is 1. The van der Waals surface area contributed by atoms with Crippen LogP contribution in [-0.4, -0.2) is 4.98 Å². The molecule has 1 heterocycles. The lowest BCUT2D eigenvalue weighted by atomic mass is 10.1. The van der Waals surface area contributed by atoms with Gasteiger partial charge in [0.15, 0.2) is 0 Å². The maximum atomic E-state index is 12.4. The van der Waals surface area contributed by atoms with Crippen LogP contribution in [0.3, 0.4) is 0 Å². The Bertz CT molecular complexity index is 369. The molecule has 1 saturated carbocycles. The largest absolute Gasteiger partial charge is 0.433 e. The van der Waals surface area contributed by atoms with Gasteiger partial charge in [-0.3, -0.25) is 0 Å². The summed E-state index contributed by atoms with van der Waals surface area (Å²) in [5.41, 5.74) is 5.90. The highest BCUT2D eigenvalue weighted by atomic mass is 19.4. The highest BCUT2D eigenvalue weighted by molar-refractivity contribution is 5.29. The zero-order valence-electron chi connectivity index (χ0n) is 8.01. The van der Waals surface area contributed by atoms with E-state index in [0.29, 0.717) is 5.69 Å². The molecule has 82 valence electrons. The smallest absolute Gasteiger partial charge is 0.326 e. The maximum absolute atomic E-state index is 12.4. The molecule has 0 spiro atoms. The molecule has 2 nitrogen and oxygen atoms in total. The third-order valence-corrected chi connectivity index (χ3v) is 2.49. The second-order valence-corrected chi connectivity index (χ2v) is 3.72. The van der Waals surface area contributed by atoms with E-state index in [1.165, 1.54) is 6.07 Å². The van der Waals surface area contributed by atoms with Crippen molar-refractivity contribution in [3.63, 3.8) is 0 Å². The Labute approximate surface area is 85.3 Å². The predicted molar refractivity (Wildman–Crippen MR) is 49.1 cm³/mol. The summed E-state index contributed by atoms with van der Waals surface area (Å²) in [7, 11) is 0. The standard InChI is InChI=1S/C10H11F3N2/c11-10(12,13)8-4-3-7(5-14)9(15-8)6-1-2-6/h3-4,6H,1-2,5,14H2. The van der Waals surface area contributed by atoms with E-state index < -0.39 is 11.9 Å². The molecule has 0 aliphatic heterocycles. The Balaban J connectivity index is 2.40. The van der Waals surface area contributed by atoms with E-state index in [0.717, 1.165) is 24.5 Å². The molecule has 1 aromatic heterocycles. The van der Waals surface area contributed by atoms with Crippen LogP contribution in [0.25, 0.3) is 0 Å². The van der Waals surface area contributed by atoms with Crippen molar-refractivity contribution in [1.82, 2.24) is 4.98 Å². The second-order valence-electron chi connectivity index (χ2n) is 3.72. The van der Waals surface area contributed by atoms with Crippen molar-refractivity contribution in [2.24, 2.45) is 5.73 Å². The van der Waals surface area contributed by atoms with E-state index in [-0.39, 0.29) is 12.5 Å². The number of hydrogen-bond acceptors (Lipinski definition) is 2. The van der Waals surface area contributed by atoms with Crippen molar-refractivity contribution in [1.29, 1.82) is 0 Å². The van der Waals surface area contributed by atoms with Gasteiger partial charge in [0.25, 0.3) is 0 Å². The SMILES string of the molecule is NCc1ccc(C(F)(F)F)nc1C1CC1. The molecule has 1 aliphatic carbocycles. The molecule has 0 amide bonds. The number of alkyl halides is 3. The average molecular weight is 216 g/mol. The third-order valence-electron chi connectivity index (χ3n) is 2.49. The van der Waals surface area contributed by atoms with Crippen molar-refractivity contribution in [3.8, 4) is 0 Å². The summed E-state index contributed by atoms with van der Waals surface area (Å²) >= 11 is 0. The molecular formula is C10H11F3N2. The predicted octanol–water partition coefficient (Wildman–Crippen LogP) is 2.44. The molecule has 2 rings (SSSR count). The second kappa shape index (κ2) is 3.48. The molecule has 0 radical (unpaired) electrons. The van der Waals surface area contributed by atoms with E-state index in [2.05, 4.69) is 4.98 Å². The topological polar surface area (TPSA) is 38.9 Å². The monoisotopic (exact) mass is 216 g/mol. The van der Waals surface area contributed by atoms with E-state index in [4.69, 9.17) is 5.73 Å². The Morgan fingerprint density at radius 1 is 1.33 bits per heavy atom. The number of nitrogens with two attached hydrogens (primary N) is 1. The summed E-state index contributed by atoms with van der Waals surface area (Å²) in [6, 6.07) is 2.43. The van der Waals surface area contributed by atoms with Crippen LogP contribution in [0, 0.1) is 0 Å². The zero-order valence-corrected chi connectivity index (χ0v) is 8.01.